The minimum Gasteiger partial charge on any atom is -0.337 e. The molecule has 1 saturated heterocycles. The number of hydrogen-bond acceptors (Lipinski definition) is 3. The number of aromatic nitrogens is 2. The summed E-state index contributed by atoms with van der Waals surface area (Å²) in [4.78, 5) is 14.0. The first-order chi connectivity index (χ1) is 8.16. The van der Waals surface area contributed by atoms with Gasteiger partial charge in [0.05, 0.1) is 6.20 Å². The summed E-state index contributed by atoms with van der Waals surface area (Å²) in [6.45, 7) is 4.72. The van der Waals surface area contributed by atoms with E-state index in [4.69, 9.17) is 0 Å². The first-order valence-corrected chi connectivity index (χ1v) is 6.14. The minimum absolute atomic E-state index is 0.253. The van der Waals surface area contributed by atoms with E-state index < -0.39 is 0 Å². The maximum atomic E-state index is 12.1. The van der Waals surface area contributed by atoms with Crippen LogP contribution in [0.5, 0.6) is 0 Å². The fourth-order valence-corrected chi connectivity index (χ4v) is 2.21. The van der Waals surface area contributed by atoms with E-state index in [1.807, 2.05) is 24.3 Å². The van der Waals surface area contributed by atoms with Crippen molar-refractivity contribution in [3.63, 3.8) is 0 Å². The van der Waals surface area contributed by atoms with Crippen LogP contribution < -0.4 is 5.32 Å². The van der Waals surface area contributed by atoms with E-state index in [0.29, 0.717) is 12.5 Å². The molecule has 0 unspecified atom stereocenters. The van der Waals surface area contributed by atoms with E-state index in [9.17, 15) is 4.79 Å². The molecule has 0 radical (unpaired) electrons. The van der Waals surface area contributed by atoms with Gasteiger partial charge in [-0.2, -0.15) is 5.10 Å². The third kappa shape index (κ3) is 3.06. The number of amides is 1. The SMILES string of the molecule is C[C@H]1CNCCN1C(=O)CCc1cnn(C)c1. The van der Waals surface area contributed by atoms with E-state index in [0.717, 1.165) is 31.6 Å². The summed E-state index contributed by atoms with van der Waals surface area (Å²) >= 11 is 0. The number of carbonyl (C=O) groups excluding carboxylic acids is 1. The monoisotopic (exact) mass is 236 g/mol. The number of aryl methyl sites for hydroxylation is 2. The van der Waals surface area contributed by atoms with Crippen LogP contribution in [-0.2, 0) is 18.3 Å². The van der Waals surface area contributed by atoms with Crippen molar-refractivity contribution in [2.75, 3.05) is 19.6 Å². The van der Waals surface area contributed by atoms with Gasteiger partial charge in [0.25, 0.3) is 0 Å². The van der Waals surface area contributed by atoms with Crippen LogP contribution in [0.25, 0.3) is 0 Å². The van der Waals surface area contributed by atoms with Gasteiger partial charge in [-0.3, -0.25) is 9.48 Å². The number of piperazine rings is 1. The van der Waals surface area contributed by atoms with Gasteiger partial charge < -0.3 is 10.2 Å². The van der Waals surface area contributed by atoms with E-state index in [2.05, 4.69) is 17.3 Å². The van der Waals surface area contributed by atoms with E-state index >= 15 is 0 Å². The molecule has 0 spiro atoms. The van der Waals surface area contributed by atoms with Crippen LogP contribution >= 0.6 is 0 Å². The Balaban J connectivity index is 1.84. The number of nitrogens with zero attached hydrogens (tertiary/aromatic N) is 3. The molecule has 0 bridgehead atoms. The fraction of sp³-hybridized carbons (Fsp3) is 0.667. The van der Waals surface area contributed by atoms with Gasteiger partial charge in [0.2, 0.25) is 5.91 Å². The number of nitrogens with one attached hydrogen (secondary N) is 1. The summed E-state index contributed by atoms with van der Waals surface area (Å²) in [6, 6.07) is 0.310. The summed E-state index contributed by atoms with van der Waals surface area (Å²) in [5.41, 5.74) is 1.13. The van der Waals surface area contributed by atoms with E-state index in [-0.39, 0.29) is 5.91 Å². The van der Waals surface area contributed by atoms with Crippen molar-refractivity contribution < 1.29 is 4.79 Å². The zero-order valence-corrected chi connectivity index (χ0v) is 10.5. The lowest BCUT2D eigenvalue weighted by Crippen LogP contribution is -2.52. The molecule has 1 aromatic rings. The lowest BCUT2D eigenvalue weighted by atomic mass is 10.1. The van der Waals surface area contributed by atoms with Gasteiger partial charge in [0.1, 0.15) is 0 Å². The Morgan fingerprint density at radius 1 is 1.65 bits per heavy atom. The van der Waals surface area contributed by atoms with Crippen molar-refractivity contribution in [1.29, 1.82) is 0 Å². The van der Waals surface area contributed by atoms with Crippen LogP contribution in [0, 0.1) is 0 Å². The van der Waals surface area contributed by atoms with Crippen molar-refractivity contribution in [2.24, 2.45) is 7.05 Å². The third-order valence-corrected chi connectivity index (χ3v) is 3.21. The molecule has 1 aliphatic rings. The zero-order valence-electron chi connectivity index (χ0n) is 10.5. The smallest absolute Gasteiger partial charge is 0.223 e. The van der Waals surface area contributed by atoms with Crippen molar-refractivity contribution in [3.05, 3.63) is 18.0 Å². The molecule has 94 valence electrons. The maximum absolute atomic E-state index is 12.1. The molecule has 5 nitrogen and oxygen atoms in total. The van der Waals surface area contributed by atoms with Crippen LogP contribution in [0.3, 0.4) is 0 Å². The van der Waals surface area contributed by atoms with Gasteiger partial charge in [-0.05, 0) is 18.9 Å². The van der Waals surface area contributed by atoms with Crippen molar-refractivity contribution >= 4 is 5.91 Å². The molecular formula is C12H20N4O. The predicted octanol–water partition coefficient (Wildman–Crippen LogP) is 0.173. The highest BCUT2D eigenvalue weighted by Crippen LogP contribution is 2.08. The zero-order chi connectivity index (χ0) is 12.3. The lowest BCUT2D eigenvalue weighted by molar-refractivity contribution is -0.133. The van der Waals surface area contributed by atoms with Gasteiger partial charge in [-0.1, -0.05) is 0 Å². The van der Waals surface area contributed by atoms with E-state index in [1.165, 1.54) is 0 Å². The Hall–Kier alpha value is -1.36. The largest absolute Gasteiger partial charge is 0.337 e. The standard InChI is InChI=1S/C12H20N4O/c1-10-7-13-5-6-16(10)12(17)4-3-11-8-14-15(2)9-11/h8-10,13H,3-7H2,1-2H3/t10-/m0/s1. The first-order valence-electron chi connectivity index (χ1n) is 6.14. The molecule has 1 aliphatic heterocycles. The molecule has 17 heavy (non-hydrogen) atoms. The van der Waals surface area contributed by atoms with Crippen LogP contribution in [0.4, 0.5) is 0 Å². The quantitative estimate of drug-likeness (QED) is 0.814. The minimum atomic E-state index is 0.253. The van der Waals surface area contributed by atoms with Crippen molar-refractivity contribution in [1.82, 2.24) is 20.0 Å². The van der Waals surface area contributed by atoms with Gasteiger partial charge in [-0.15, -0.1) is 0 Å². The van der Waals surface area contributed by atoms with Gasteiger partial charge >= 0.3 is 0 Å². The van der Waals surface area contributed by atoms with Crippen LogP contribution in [0.2, 0.25) is 0 Å². The topological polar surface area (TPSA) is 50.2 Å². The van der Waals surface area contributed by atoms with Gasteiger partial charge in [0.15, 0.2) is 0 Å². The molecule has 1 atom stereocenters. The molecule has 1 N–H and O–H groups in total. The maximum Gasteiger partial charge on any atom is 0.223 e. The molecule has 1 amide bonds. The molecule has 5 heteroatoms. The highest BCUT2D eigenvalue weighted by atomic mass is 16.2. The molecule has 0 aromatic carbocycles. The van der Waals surface area contributed by atoms with Gasteiger partial charge in [-0.25, -0.2) is 0 Å². The van der Waals surface area contributed by atoms with Crippen molar-refractivity contribution in [3.8, 4) is 0 Å². The lowest BCUT2D eigenvalue weighted by Gasteiger charge is -2.34. The second kappa shape index (κ2) is 5.31. The normalized spacial score (nSPS) is 20.6. The fourth-order valence-electron chi connectivity index (χ4n) is 2.21. The number of hydrogen-bond donors (Lipinski definition) is 1. The van der Waals surface area contributed by atoms with Crippen molar-refractivity contribution in [2.45, 2.75) is 25.8 Å². The summed E-state index contributed by atoms with van der Waals surface area (Å²) in [5.74, 6) is 0.253. The molecule has 1 fully saturated rings. The summed E-state index contributed by atoms with van der Waals surface area (Å²) in [5, 5.41) is 7.39. The molecular weight excluding hydrogens is 216 g/mol. The number of rotatable bonds is 3. The van der Waals surface area contributed by atoms with Crippen LogP contribution in [-0.4, -0.2) is 46.3 Å². The third-order valence-electron chi connectivity index (χ3n) is 3.21. The molecule has 1 aromatic heterocycles. The average Bonchev–Trinajstić information content (AvgIpc) is 2.73. The Morgan fingerprint density at radius 2 is 2.47 bits per heavy atom. The van der Waals surface area contributed by atoms with E-state index in [1.54, 1.807) is 4.68 Å². The molecule has 2 rings (SSSR count). The molecule has 2 heterocycles. The highest BCUT2D eigenvalue weighted by molar-refractivity contribution is 5.76. The Morgan fingerprint density at radius 3 is 3.12 bits per heavy atom. The second-order valence-electron chi connectivity index (χ2n) is 4.66. The average molecular weight is 236 g/mol. The Bertz CT molecular complexity index is 388. The summed E-state index contributed by atoms with van der Waals surface area (Å²) in [7, 11) is 1.89. The second-order valence-corrected chi connectivity index (χ2v) is 4.66. The Kier molecular flexibility index (Phi) is 3.78. The summed E-state index contributed by atoms with van der Waals surface area (Å²) < 4.78 is 1.77. The van der Waals surface area contributed by atoms with Crippen LogP contribution in [0.15, 0.2) is 12.4 Å². The highest BCUT2D eigenvalue weighted by Gasteiger charge is 2.22. The van der Waals surface area contributed by atoms with Crippen LogP contribution in [0.1, 0.15) is 18.9 Å². The predicted molar refractivity (Wildman–Crippen MR) is 65.6 cm³/mol. The Labute approximate surface area is 102 Å². The van der Waals surface area contributed by atoms with Gasteiger partial charge in [0, 0.05) is 45.3 Å². The summed E-state index contributed by atoms with van der Waals surface area (Å²) in [6.07, 6.45) is 5.16. The first kappa shape index (κ1) is 12.1. The molecule has 0 saturated carbocycles. The molecule has 0 aliphatic carbocycles. The number of carbonyl (C=O) groups is 1.